The number of carbonyl (C=O) groups excluding carboxylic acids is 1. The summed E-state index contributed by atoms with van der Waals surface area (Å²) < 4.78 is 1.77. The maximum atomic E-state index is 12.6. The van der Waals surface area contributed by atoms with Crippen LogP contribution in [-0.4, -0.2) is 150 Å². The number of nitrogens with one attached hydrogen (secondary N) is 1. The molecular formula is C24H50IMnN7O5+3. The molecule has 0 aromatic carbocycles. The summed E-state index contributed by atoms with van der Waals surface area (Å²) in [6, 6.07) is 0. The van der Waals surface area contributed by atoms with Crippen molar-refractivity contribution in [3.63, 3.8) is 0 Å². The van der Waals surface area contributed by atoms with E-state index in [4.69, 9.17) is 16.1 Å². The summed E-state index contributed by atoms with van der Waals surface area (Å²) in [5, 5.41) is 19.8. The fraction of sp³-hybridized carbons (Fsp3) is 0.833. The van der Waals surface area contributed by atoms with E-state index in [2.05, 4.69) is 34.7 Å². The Bertz CT molecular complexity index is 660. The van der Waals surface area contributed by atoms with E-state index in [1.807, 2.05) is 16.8 Å². The number of likely N-dealkylation sites (N-methyl/N-ethyl adjacent to an activating group) is 1. The Balaban J connectivity index is 0. The number of carboxylic acid groups (broad SMARTS) is 2. The van der Waals surface area contributed by atoms with E-state index in [0.29, 0.717) is 39.1 Å². The quantitative estimate of drug-likeness (QED) is 0.0411. The molecule has 38 heavy (non-hydrogen) atoms. The number of amides is 1. The molecule has 1 rings (SSSR count). The van der Waals surface area contributed by atoms with Gasteiger partial charge in [-0.2, -0.15) is 0 Å². The van der Waals surface area contributed by atoms with Crippen molar-refractivity contribution in [2.24, 2.45) is 5.84 Å². The number of nitrogens with zero attached hydrogens (tertiary/aromatic N) is 5. The molecule has 1 fully saturated rings. The molecule has 1 heterocycles. The first-order valence-electron chi connectivity index (χ1n) is 13.0. The molecule has 1 aliphatic rings. The van der Waals surface area contributed by atoms with Crippen LogP contribution >= 0.6 is 22.9 Å². The first-order valence-corrected chi connectivity index (χ1v) is 13.9. The van der Waals surface area contributed by atoms with E-state index in [1.54, 1.807) is 8.12 Å². The van der Waals surface area contributed by atoms with Crippen molar-refractivity contribution in [3.05, 3.63) is 7.43 Å². The number of hydrazine groups is 1. The summed E-state index contributed by atoms with van der Waals surface area (Å²) in [4.78, 5) is 42.1. The number of piperazine rings is 1. The third kappa shape index (κ3) is 19.5. The van der Waals surface area contributed by atoms with E-state index in [9.17, 15) is 14.4 Å². The summed E-state index contributed by atoms with van der Waals surface area (Å²) in [7, 11) is 1.83. The van der Waals surface area contributed by atoms with Crippen molar-refractivity contribution in [2.45, 2.75) is 32.6 Å². The van der Waals surface area contributed by atoms with Crippen molar-refractivity contribution < 1.29 is 46.6 Å². The number of unbranched alkanes of at least 4 members (excludes halogenated alkanes) is 1. The number of quaternary nitrogens is 1. The first kappa shape index (κ1) is 39.6. The summed E-state index contributed by atoms with van der Waals surface area (Å²) in [5.74, 6) is 4.29. The largest absolute Gasteiger partial charge is 3.00 e. The van der Waals surface area contributed by atoms with Gasteiger partial charge >= 0.3 is 29.0 Å². The number of aliphatic carboxylic acids is 2. The number of hydrogen-bond donors (Lipinski definition) is 4. The molecule has 0 aromatic heterocycles. The third-order valence-electron chi connectivity index (χ3n) is 6.42. The van der Waals surface area contributed by atoms with E-state index in [0.717, 1.165) is 65.1 Å². The van der Waals surface area contributed by atoms with Gasteiger partial charge in [-0.05, 0) is 26.4 Å². The molecule has 12 nitrogen and oxygen atoms in total. The van der Waals surface area contributed by atoms with Crippen LogP contribution in [0.5, 0.6) is 0 Å². The number of nitrogens with two attached hydrogens (primary N) is 1. The van der Waals surface area contributed by atoms with Gasteiger partial charge in [0, 0.05) is 81.6 Å². The molecule has 1 amide bonds. The Kier molecular flexibility index (Phi) is 24.1. The van der Waals surface area contributed by atoms with Crippen LogP contribution in [0.3, 0.4) is 0 Å². The smallest absolute Gasteiger partial charge is 0.480 e. The fourth-order valence-electron chi connectivity index (χ4n) is 4.17. The zero-order valence-corrected chi connectivity index (χ0v) is 26.8. The van der Waals surface area contributed by atoms with Crippen LogP contribution in [0.4, 0.5) is 0 Å². The van der Waals surface area contributed by atoms with Gasteiger partial charge in [-0.3, -0.25) is 30.0 Å². The SMILES string of the molecule is CCCC[NH+](CCN(C)CC(=O)O)CCN(CCCC(=O)N1CCN(N)CC1)CCN(I)CC(=O)O.[CH3-].[Mn+3]. The summed E-state index contributed by atoms with van der Waals surface area (Å²) in [6.45, 7) is 11.5. The molecule has 14 heteroatoms. The predicted molar refractivity (Wildman–Crippen MR) is 153 cm³/mol. The minimum atomic E-state index is -0.847. The maximum absolute atomic E-state index is 12.6. The molecule has 1 saturated heterocycles. The Morgan fingerprint density at radius 2 is 1.50 bits per heavy atom. The normalized spacial score (nSPS) is 14.9. The van der Waals surface area contributed by atoms with Gasteiger partial charge in [0.1, 0.15) is 6.54 Å². The summed E-state index contributed by atoms with van der Waals surface area (Å²) >= 11 is 2.05. The Morgan fingerprint density at radius 3 is 2.08 bits per heavy atom. The molecular weight excluding hydrogens is 648 g/mol. The van der Waals surface area contributed by atoms with Gasteiger partial charge in [0.25, 0.3) is 0 Å². The number of rotatable bonds is 20. The average Bonchev–Trinajstić information content (AvgIpc) is 2.80. The van der Waals surface area contributed by atoms with Crippen LogP contribution in [0.2, 0.25) is 0 Å². The standard InChI is InChI=1S/C23H46IN7O5.CH3.Mn/c1-3-4-7-27(10-9-26(2)19-22(33)34)11-12-28(13-16-30(24)20-23(35)36)8-5-6-21(32)29-14-17-31(25)18-15-29;;/h3-20,25H2,1-2H3,(H,33,34)(H,35,36);1H3;/q;-1;+3/p+1. The Labute approximate surface area is 253 Å². The van der Waals surface area contributed by atoms with Crippen LogP contribution in [0.25, 0.3) is 0 Å². The molecule has 0 spiro atoms. The van der Waals surface area contributed by atoms with Gasteiger partial charge in [-0.15, -0.1) is 0 Å². The van der Waals surface area contributed by atoms with Gasteiger partial charge in [0.2, 0.25) is 5.91 Å². The number of halogens is 1. The van der Waals surface area contributed by atoms with Gasteiger partial charge < -0.3 is 27.4 Å². The van der Waals surface area contributed by atoms with Gasteiger partial charge in [-0.25, -0.2) is 8.12 Å². The van der Waals surface area contributed by atoms with Gasteiger partial charge in [-0.1, -0.05) is 13.3 Å². The number of carboxylic acids is 2. The second-order valence-corrected chi connectivity index (χ2v) is 10.9. The van der Waals surface area contributed by atoms with Crippen LogP contribution in [0.1, 0.15) is 32.6 Å². The minimum absolute atomic E-state index is 0. The second kappa shape index (κ2) is 23.2. The minimum Gasteiger partial charge on any atom is -0.480 e. The zero-order chi connectivity index (χ0) is 26.9. The van der Waals surface area contributed by atoms with Crippen molar-refractivity contribution in [1.29, 1.82) is 0 Å². The molecule has 0 bridgehead atoms. The Morgan fingerprint density at radius 1 is 0.895 bits per heavy atom. The topological polar surface area (TPSA) is 138 Å². The molecule has 5 N–H and O–H groups in total. The average molecular weight is 699 g/mol. The summed E-state index contributed by atoms with van der Waals surface area (Å²) in [5.41, 5.74) is 0. The predicted octanol–water partition coefficient (Wildman–Crippen LogP) is -1.03. The van der Waals surface area contributed by atoms with E-state index in [-0.39, 0.29) is 43.5 Å². The number of carbonyl (C=O) groups is 3. The summed E-state index contributed by atoms with van der Waals surface area (Å²) in [6.07, 6.45) is 3.48. The molecule has 0 radical (unpaired) electrons. The molecule has 1 unspecified atom stereocenters. The monoisotopic (exact) mass is 698 g/mol. The Hall–Kier alpha value is -0.581. The van der Waals surface area contributed by atoms with Crippen molar-refractivity contribution in [2.75, 3.05) is 98.7 Å². The van der Waals surface area contributed by atoms with E-state index in [1.165, 1.54) is 4.90 Å². The fourth-order valence-corrected chi connectivity index (χ4v) is 4.68. The molecule has 1 atom stereocenters. The van der Waals surface area contributed by atoms with Crippen molar-refractivity contribution in [1.82, 2.24) is 22.8 Å². The number of hydrogen-bond acceptors (Lipinski definition) is 8. The van der Waals surface area contributed by atoms with Gasteiger partial charge in [0.15, 0.2) is 0 Å². The molecule has 222 valence electrons. The van der Waals surface area contributed by atoms with E-state index < -0.39 is 11.9 Å². The van der Waals surface area contributed by atoms with Crippen LogP contribution < -0.4 is 10.7 Å². The third-order valence-corrected chi connectivity index (χ3v) is 7.24. The van der Waals surface area contributed by atoms with Crippen LogP contribution in [0, 0.1) is 7.43 Å². The van der Waals surface area contributed by atoms with Crippen LogP contribution in [-0.2, 0) is 31.5 Å². The van der Waals surface area contributed by atoms with E-state index >= 15 is 0 Å². The van der Waals surface area contributed by atoms with Crippen molar-refractivity contribution in [3.8, 4) is 0 Å². The first-order chi connectivity index (χ1) is 17.1. The molecule has 0 aromatic rings. The maximum Gasteiger partial charge on any atom is 3.00 e. The molecule has 1 aliphatic heterocycles. The zero-order valence-electron chi connectivity index (χ0n) is 23.4. The second-order valence-electron chi connectivity index (χ2n) is 9.59. The molecule has 0 aliphatic carbocycles. The van der Waals surface area contributed by atoms with Crippen LogP contribution in [0.15, 0.2) is 0 Å². The van der Waals surface area contributed by atoms with Gasteiger partial charge in [0.05, 0.1) is 26.2 Å². The molecule has 0 saturated carbocycles. The van der Waals surface area contributed by atoms with Crippen molar-refractivity contribution >= 4 is 40.7 Å².